The summed E-state index contributed by atoms with van der Waals surface area (Å²) < 4.78 is 53.0. The normalized spacial score (nSPS) is 11.7. The van der Waals surface area contributed by atoms with Crippen LogP contribution in [0.3, 0.4) is 0 Å². The Hall–Kier alpha value is -2.94. The van der Waals surface area contributed by atoms with Crippen molar-refractivity contribution in [2.75, 3.05) is 13.2 Å². The highest BCUT2D eigenvalue weighted by Crippen LogP contribution is 2.36. The highest BCUT2D eigenvalue weighted by atomic mass is 19.4. The van der Waals surface area contributed by atoms with Gasteiger partial charge in [-0.1, -0.05) is 30.3 Å². The van der Waals surface area contributed by atoms with E-state index in [1.54, 1.807) is 51.1 Å². The summed E-state index contributed by atoms with van der Waals surface area (Å²) in [6, 6.07) is 10.9. The van der Waals surface area contributed by atoms with Gasteiger partial charge in [0.25, 0.3) is 0 Å². The first-order chi connectivity index (χ1) is 14.0. The molecule has 0 aromatic heterocycles. The second kappa shape index (κ2) is 9.71. The molecule has 6 nitrogen and oxygen atoms in total. The minimum atomic E-state index is -4.90. The zero-order chi connectivity index (χ0) is 22.4. The van der Waals surface area contributed by atoms with Crippen molar-refractivity contribution in [2.24, 2.45) is 0 Å². The molecule has 2 aromatic rings. The van der Waals surface area contributed by atoms with Gasteiger partial charge >= 0.3 is 12.5 Å². The van der Waals surface area contributed by atoms with E-state index in [0.717, 1.165) is 0 Å². The minimum absolute atomic E-state index is 0.0325. The van der Waals surface area contributed by atoms with Crippen molar-refractivity contribution < 1.29 is 37.3 Å². The molecule has 1 amide bonds. The molecule has 2 aromatic carbocycles. The fourth-order valence-corrected chi connectivity index (χ4v) is 2.44. The number of hydrogen-bond acceptors (Lipinski definition) is 5. The van der Waals surface area contributed by atoms with E-state index in [2.05, 4.69) is 10.1 Å². The Morgan fingerprint density at radius 1 is 1.00 bits per heavy atom. The van der Waals surface area contributed by atoms with Crippen molar-refractivity contribution in [1.29, 1.82) is 0 Å². The van der Waals surface area contributed by atoms with Crippen molar-refractivity contribution in [3.63, 3.8) is 0 Å². The molecule has 0 bridgehead atoms. The van der Waals surface area contributed by atoms with E-state index in [-0.39, 0.29) is 25.5 Å². The summed E-state index contributed by atoms with van der Waals surface area (Å²) in [6.07, 6.45) is -5.55. The third-order valence-corrected chi connectivity index (χ3v) is 3.67. The number of aliphatic hydroxyl groups excluding tert-OH is 1. The van der Waals surface area contributed by atoms with Gasteiger partial charge in [0.15, 0.2) is 11.5 Å². The molecule has 0 heterocycles. The summed E-state index contributed by atoms with van der Waals surface area (Å²) in [7, 11) is 0. The van der Waals surface area contributed by atoms with Crippen LogP contribution in [0.4, 0.5) is 18.0 Å². The summed E-state index contributed by atoms with van der Waals surface area (Å²) in [6.45, 7) is 4.95. The molecule has 9 heteroatoms. The summed E-state index contributed by atoms with van der Waals surface area (Å²) in [5.74, 6) is -0.613. The molecule has 0 aliphatic rings. The zero-order valence-corrected chi connectivity index (χ0v) is 16.9. The second-order valence-corrected chi connectivity index (χ2v) is 7.34. The van der Waals surface area contributed by atoms with E-state index in [4.69, 9.17) is 14.6 Å². The van der Waals surface area contributed by atoms with Crippen molar-refractivity contribution in [1.82, 2.24) is 5.32 Å². The predicted octanol–water partition coefficient (Wildman–Crippen LogP) is 4.65. The predicted molar refractivity (Wildman–Crippen MR) is 104 cm³/mol. The lowest BCUT2D eigenvalue weighted by Crippen LogP contribution is -2.34. The Labute approximate surface area is 172 Å². The van der Waals surface area contributed by atoms with Crippen LogP contribution in [0.15, 0.2) is 42.5 Å². The van der Waals surface area contributed by atoms with Gasteiger partial charge in [-0.2, -0.15) is 0 Å². The van der Waals surface area contributed by atoms with Gasteiger partial charge < -0.3 is 24.6 Å². The van der Waals surface area contributed by atoms with Gasteiger partial charge in [-0.3, -0.25) is 0 Å². The van der Waals surface area contributed by atoms with Gasteiger partial charge in [0.2, 0.25) is 0 Å². The number of halogens is 3. The molecule has 2 N–H and O–H groups in total. The lowest BCUT2D eigenvalue weighted by Gasteiger charge is -2.20. The lowest BCUT2D eigenvalue weighted by atomic mass is 10.0. The number of benzene rings is 2. The number of ether oxygens (including phenoxy) is 3. The SMILES string of the molecule is CC(C)(C)OC(=O)NCCOc1ccc(-c2ccc(CO)cc2)cc1OC(F)(F)F. The Balaban J connectivity index is 2.09. The van der Waals surface area contributed by atoms with Crippen LogP contribution in [0, 0.1) is 0 Å². The molecule has 0 fully saturated rings. The van der Waals surface area contributed by atoms with Crippen molar-refractivity contribution >= 4 is 6.09 Å². The molecular weight excluding hydrogens is 403 g/mol. The van der Waals surface area contributed by atoms with Crippen molar-refractivity contribution in [2.45, 2.75) is 39.3 Å². The number of carbonyl (C=O) groups is 1. The molecule has 0 aliphatic heterocycles. The number of alkyl carbamates (subject to hydrolysis) is 1. The number of amides is 1. The smallest absolute Gasteiger partial charge is 0.488 e. The van der Waals surface area contributed by atoms with E-state index in [9.17, 15) is 18.0 Å². The van der Waals surface area contributed by atoms with Crippen LogP contribution < -0.4 is 14.8 Å². The number of nitrogens with one attached hydrogen (secondary N) is 1. The number of rotatable bonds is 7. The molecule has 30 heavy (non-hydrogen) atoms. The van der Waals surface area contributed by atoms with Crippen LogP contribution in [-0.4, -0.2) is 36.3 Å². The van der Waals surface area contributed by atoms with Crippen LogP contribution in [0.5, 0.6) is 11.5 Å². The Morgan fingerprint density at radius 3 is 2.20 bits per heavy atom. The number of hydrogen-bond donors (Lipinski definition) is 2. The van der Waals surface area contributed by atoms with Gasteiger partial charge in [-0.25, -0.2) is 4.79 Å². The molecule has 0 spiro atoms. The maximum atomic E-state index is 12.8. The van der Waals surface area contributed by atoms with Crippen LogP contribution in [0.25, 0.3) is 11.1 Å². The van der Waals surface area contributed by atoms with Crippen LogP contribution in [-0.2, 0) is 11.3 Å². The molecule has 2 rings (SSSR count). The standard InChI is InChI=1S/C21H24F3NO5/c1-20(2,3)30-19(27)25-10-11-28-17-9-8-16(12-18(17)29-21(22,23)24)15-6-4-14(13-26)5-7-15/h4-9,12,26H,10-11,13H2,1-3H3,(H,25,27). The third kappa shape index (κ3) is 7.82. The average Bonchev–Trinajstić information content (AvgIpc) is 2.63. The first kappa shape index (κ1) is 23.3. The lowest BCUT2D eigenvalue weighted by molar-refractivity contribution is -0.275. The van der Waals surface area contributed by atoms with E-state index >= 15 is 0 Å². The largest absolute Gasteiger partial charge is 0.573 e. The molecular formula is C21H24F3NO5. The van der Waals surface area contributed by atoms with Gasteiger partial charge in [0, 0.05) is 0 Å². The second-order valence-electron chi connectivity index (χ2n) is 7.34. The van der Waals surface area contributed by atoms with E-state index in [1.807, 2.05) is 0 Å². The summed E-state index contributed by atoms with van der Waals surface area (Å²) >= 11 is 0. The highest BCUT2D eigenvalue weighted by Gasteiger charge is 2.32. The molecule has 0 atom stereocenters. The average molecular weight is 427 g/mol. The summed E-state index contributed by atoms with van der Waals surface area (Å²) in [4.78, 5) is 11.6. The van der Waals surface area contributed by atoms with Gasteiger partial charge in [-0.05, 0) is 49.6 Å². The van der Waals surface area contributed by atoms with Crippen molar-refractivity contribution in [3.8, 4) is 22.6 Å². The van der Waals surface area contributed by atoms with Crippen LogP contribution in [0.2, 0.25) is 0 Å². The molecule has 0 radical (unpaired) electrons. The first-order valence-electron chi connectivity index (χ1n) is 9.16. The first-order valence-corrected chi connectivity index (χ1v) is 9.16. The minimum Gasteiger partial charge on any atom is -0.488 e. The maximum Gasteiger partial charge on any atom is 0.573 e. The number of alkyl halides is 3. The van der Waals surface area contributed by atoms with E-state index in [1.165, 1.54) is 12.1 Å². The summed E-state index contributed by atoms with van der Waals surface area (Å²) in [5.41, 5.74) is 1.16. The van der Waals surface area contributed by atoms with E-state index in [0.29, 0.717) is 16.7 Å². The summed E-state index contributed by atoms with van der Waals surface area (Å²) in [5, 5.41) is 11.6. The molecule has 0 unspecified atom stereocenters. The van der Waals surface area contributed by atoms with Crippen LogP contribution in [0.1, 0.15) is 26.3 Å². The molecule has 0 saturated heterocycles. The van der Waals surface area contributed by atoms with Gasteiger partial charge in [-0.15, -0.1) is 13.2 Å². The Kier molecular flexibility index (Phi) is 7.55. The third-order valence-electron chi connectivity index (χ3n) is 3.67. The Bertz CT molecular complexity index is 845. The highest BCUT2D eigenvalue weighted by molar-refractivity contribution is 5.68. The van der Waals surface area contributed by atoms with Crippen LogP contribution >= 0.6 is 0 Å². The molecule has 0 aliphatic carbocycles. The monoisotopic (exact) mass is 427 g/mol. The Morgan fingerprint density at radius 2 is 1.63 bits per heavy atom. The number of carbonyl (C=O) groups excluding carboxylic acids is 1. The fraction of sp³-hybridized carbons (Fsp3) is 0.381. The van der Waals surface area contributed by atoms with Crippen molar-refractivity contribution in [3.05, 3.63) is 48.0 Å². The van der Waals surface area contributed by atoms with Gasteiger partial charge in [0.1, 0.15) is 12.2 Å². The molecule has 164 valence electrons. The topological polar surface area (TPSA) is 77.0 Å². The maximum absolute atomic E-state index is 12.8. The fourth-order valence-electron chi connectivity index (χ4n) is 2.44. The van der Waals surface area contributed by atoms with Gasteiger partial charge in [0.05, 0.1) is 13.2 Å². The quantitative estimate of drug-likeness (QED) is 0.629. The van der Waals surface area contributed by atoms with E-state index < -0.39 is 23.8 Å². The zero-order valence-electron chi connectivity index (χ0n) is 16.9. The number of aliphatic hydroxyl groups is 1. The molecule has 0 saturated carbocycles.